The molecule has 0 aromatic rings. The second-order valence-electron chi connectivity index (χ2n) is 17.6. The molecule has 10 heteroatoms. The average Bonchev–Trinajstić information content (AvgIpc) is 2.78. The van der Waals surface area contributed by atoms with Crippen LogP contribution in [0.5, 0.6) is 0 Å². The van der Waals surface area contributed by atoms with E-state index in [1.165, 1.54) is 82.0 Å². The van der Waals surface area contributed by atoms with Crippen molar-refractivity contribution in [3.63, 3.8) is 0 Å². The Labute approximate surface area is 278 Å². The molecule has 0 aromatic heterocycles. The number of hydrogen-bond donors (Lipinski definition) is 0. The largest absolute Gasteiger partial charge is 0.324 e. The van der Waals surface area contributed by atoms with Crippen molar-refractivity contribution in [3.8, 4) is 0 Å². The van der Waals surface area contributed by atoms with E-state index in [1.54, 1.807) is 0 Å². The van der Waals surface area contributed by atoms with Gasteiger partial charge in [0, 0.05) is 0 Å². The van der Waals surface area contributed by atoms with E-state index in [-0.39, 0.29) is 4.44 Å². The smallest absolute Gasteiger partial charge is 0.0786 e. The van der Waals surface area contributed by atoms with Gasteiger partial charge in [-0.3, -0.25) is 0 Å². The zero-order valence-corrected chi connectivity index (χ0v) is 39.7. The summed E-state index contributed by atoms with van der Waals surface area (Å²) in [6.45, 7) is 44.5. The summed E-state index contributed by atoms with van der Waals surface area (Å²) in [5, 5.41) is 0. The van der Waals surface area contributed by atoms with Crippen molar-refractivity contribution in [2.45, 2.75) is 176 Å². The van der Waals surface area contributed by atoms with Gasteiger partial charge in [0.1, 0.15) is 0 Å². The fraction of sp³-hybridized carbons (Fsp3) is 0.939. The monoisotopic (exact) mass is 789 g/mol. The summed E-state index contributed by atoms with van der Waals surface area (Å²) in [5.74, 6) is 0. The summed E-state index contributed by atoms with van der Waals surface area (Å²) in [7, 11) is -8.84. The van der Waals surface area contributed by atoms with Gasteiger partial charge in [0.2, 0.25) is 0 Å². The number of allylic oxidation sites excluding steroid dienone is 2. The van der Waals surface area contributed by atoms with Gasteiger partial charge in [0.15, 0.2) is 0 Å². The molecule has 0 bridgehead atoms. The molecule has 0 saturated carbocycles. The zero-order chi connectivity index (χ0) is 34.6. The first-order valence-corrected chi connectivity index (χ1v) is 38.4. The van der Waals surface area contributed by atoms with E-state index in [2.05, 4.69) is 106 Å². The van der Waals surface area contributed by atoms with Crippen LogP contribution in [0.15, 0.2) is 11.6 Å². The Balaban J connectivity index is 0. The molecule has 3 nitrogen and oxygen atoms in total. The topological polar surface area (TPSA) is 6.48 Å². The molecule has 0 fully saturated rings. The van der Waals surface area contributed by atoms with E-state index in [4.69, 9.17) is 0 Å². The van der Waals surface area contributed by atoms with Crippen LogP contribution in [0.25, 0.3) is 0 Å². The summed E-state index contributed by atoms with van der Waals surface area (Å²) in [6, 6.07) is 0. The Kier molecular flexibility index (Phi) is 20.0. The van der Waals surface area contributed by atoms with Crippen LogP contribution < -0.4 is 0 Å². The maximum Gasteiger partial charge on any atom is 0.0786 e. The van der Waals surface area contributed by atoms with E-state index in [1.807, 2.05) is 24.8 Å². The maximum atomic E-state index is 17.6. The normalized spacial score (nSPS) is 14.8. The van der Waals surface area contributed by atoms with Gasteiger partial charge in [-0.1, -0.05) is 53.4 Å². The molecule has 0 N–H and O–H groups in total. The standard InChI is InChI=1S/C16H36N.2C6H18NSi2.C5H9.2FH.Sn/c1-5-9-13-17(14-10-6-2,15-11-7-3)16-12-8-4;2*1-8(2,3)7-9(4,5)6;1-4-5(2)3;;;/h5-16H2,1-4H3;2*1-6H3;4H,1H2,2-3H3;2*1H;/q+1;2*-1;;;;+3/p-2. The molecule has 0 heterocycles. The molecule has 0 atom stereocenters. The molecule has 0 radical (unpaired) electrons. The maximum absolute atomic E-state index is 17.6. The van der Waals surface area contributed by atoms with E-state index in [9.17, 15) is 0 Å². The fourth-order valence-electron chi connectivity index (χ4n) is 7.88. The third kappa shape index (κ3) is 15.7. The Morgan fingerprint density at radius 3 is 0.930 bits per heavy atom. The van der Waals surface area contributed by atoms with E-state index in [0.717, 1.165) is 5.57 Å². The second-order valence-corrected chi connectivity index (χ2v) is 52.7. The minimum Gasteiger partial charge on any atom is -0.324 e. The Morgan fingerprint density at radius 1 is 0.535 bits per heavy atom. The summed E-state index contributed by atoms with van der Waals surface area (Å²) < 4.78 is 40.6. The van der Waals surface area contributed by atoms with Crippen LogP contribution in [0, 0.1) is 0 Å². The third-order valence-corrected chi connectivity index (χ3v) is 63.6. The predicted octanol–water partition coefficient (Wildman–Crippen LogP) is 12.2. The van der Waals surface area contributed by atoms with E-state index in [0.29, 0.717) is 0 Å². The van der Waals surface area contributed by atoms with Crippen LogP contribution in [0.1, 0.15) is 92.9 Å². The SMILES string of the molecule is CC(C)=C[CH2][Sn-]([F])([F])([N]([Si](C)(C)C)[Si](C)(C)C)[N]([Si](C)(C)C)[Si](C)(C)C.CCCC[N+](CCCC)(CCCC)CCCC. The molecule has 0 unspecified atom stereocenters. The first kappa shape index (κ1) is 46.3. The van der Waals surface area contributed by atoms with E-state index >= 15 is 5.73 Å². The van der Waals surface area contributed by atoms with Crippen molar-refractivity contribution in [2.24, 2.45) is 0 Å². The van der Waals surface area contributed by atoms with Gasteiger partial charge in [-0.25, -0.2) is 0 Å². The molecule has 0 amide bonds. The summed E-state index contributed by atoms with van der Waals surface area (Å²) in [6.07, 6.45) is 12.9. The molecule has 0 aliphatic rings. The van der Waals surface area contributed by atoms with Gasteiger partial charge < -0.3 is 4.48 Å². The molecule has 0 aliphatic carbocycles. The molecule has 0 rings (SSSR count). The number of rotatable bonds is 20. The molecule has 43 heavy (non-hydrogen) atoms. The first-order valence-electron chi connectivity index (χ1n) is 17.9. The molecule has 0 aliphatic heterocycles. The van der Waals surface area contributed by atoms with Gasteiger partial charge in [-0.2, -0.15) is 0 Å². The van der Waals surface area contributed by atoms with Crippen LogP contribution >= 0.6 is 0 Å². The molecule has 0 spiro atoms. The first-order chi connectivity index (χ1) is 19.2. The van der Waals surface area contributed by atoms with Gasteiger partial charge in [-0.15, -0.1) is 0 Å². The van der Waals surface area contributed by atoms with Crippen molar-refractivity contribution in [1.29, 1.82) is 0 Å². The van der Waals surface area contributed by atoms with Crippen LogP contribution in [-0.2, 0) is 0 Å². The third-order valence-electron chi connectivity index (χ3n) is 8.33. The van der Waals surface area contributed by atoms with Gasteiger partial charge in [-0.05, 0) is 25.7 Å². The molecule has 0 aromatic carbocycles. The van der Waals surface area contributed by atoms with Gasteiger partial charge >= 0.3 is 171 Å². The van der Waals surface area contributed by atoms with Crippen LogP contribution in [0.4, 0.5) is 5.73 Å². The Morgan fingerprint density at radius 2 is 0.767 bits per heavy atom. The van der Waals surface area contributed by atoms with Crippen molar-refractivity contribution in [1.82, 2.24) is 4.91 Å². The van der Waals surface area contributed by atoms with Gasteiger partial charge in [0.25, 0.3) is 0 Å². The van der Waals surface area contributed by atoms with Crippen molar-refractivity contribution in [3.05, 3.63) is 11.6 Å². The average molecular weight is 789 g/mol. The second kappa shape index (κ2) is 18.6. The molecular formula is C33H81F2N3Si4Sn. The number of nitrogens with zero attached hydrogens (tertiary/aromatic N) is 3. The van der Waals surface area contributed by atoms with Crippen LogP contribution in [0.2, 0.25) is 83.0 Å². The fourth-order valence-corrected chi connectivity index (χ4v) is 84.5. The molecule has 0 saturated heterocycles. The number of unbranched alkanes of at least 4 members (excludes halogenated alkanes) is 4. The minimum atomic E-state index is -6.46. The van der Waals surface area contributed by atoms with Crippen molar-refractivity contribution in [2.75, 3.05) is 26.2 Å². The summed E-state index contributed by atoms with van der Waals surface area (Å²) in [5.41, 5.74) is 1.01. The van der Waals surface area contributed by atoms with E-state index < -0.39 is 51.6 Å². The molecule has 262 valence electrons. The quantitative estimate of drug-likeness (QED) is 0.0689. The number of quaternary nitrogens is 1. The number of halogens is 2. The Bertz CT molecular complexity index is 707. The number of hydrogen-bond acceptors (Lipinski definition) is 2. The summed E-state index contributed by atoms with van der Waals surface area (Å²) in [4.78, 5) is 0. The summed E-state index contributed by atoms with van der Waals surface area (Å²) >= 11 is -6.46. The zero-order valence-electron chi connectivity index (χ0n) is 32.9. The van der Waals surface area contributed by atoms with Crippen LogP contribution in [-0.4, -0.2) is 87.2 Å². The predicted molar refractivity (Wildman–Crippen MR) is 209 cm³/mol. The Hall–Kier alpha value is 1.15. The van der Waals surface area contributed by atoms with Crippen molar-refractivity contribution < 1.29 is 10.2 Å². The van der Waals surface area contributed by atoms with Crippen LogP contribution in [0.3, 0.4) is 0 Å². The minimum absolute atomic E-state index is 0.00719. The molecular weight excluding hydrogens is 707 g/mol. The van der Waals surface area contributed by atoms with Gasteiger partial charge in [0.05, 0.1) is 26.2 Å². The van der Waals surface area contributed by atoms with Crippen molar-refractivity contribution >= 4 is 51.6 Å².